The molecule has 16 heavy (non-hydrogen) atoms. The van der Waals surface area contributed by atoms with Gasteiger partial charge in [-0.25, -0.2) is 0 Å². The Labute approximate surface area is 106 Å². The third-order valence-corrected chi connectivity index (χ3v) is 4.39. The van der Waals surface area contributed by atoms with Gasteiger partial charge in [0.15, 0.2) is 0 Å². The van der Waals surface area contributed by atoms with Crippen molar-refractivity contribution in [2.75, 3.05) is 26.2 Å². The molecule has 1 aliphatic heterocycles. The van der Waals surface area contributed by atoms with Crippen molar-refractivity contribution in [2.24, 2.45) is 0 Å². The summed E-state index contributed by atoms with van der Waals surface area (Å²) in [6, 6.07) is 2.40. The van der Waals surface area contributed by atoms with E-state index in [4.69, 9.17) is 11.6 Å². The largest absolute Gasteiger partial charge is 0.314 e. The number of halogens is 1. The Morgan fingerprint density at radius 1 is 1.56 bits per heavy atom. The fraction of sp³-hybridized carbons (Fsp3) is 0.500. The smallest absolute Gasteiger partial charge is 0.0561 e. The van der Waals surface area contributed by atoms with Crippen LogP contribution in [0.2, 0.25) is 5.02 Å². The summed E-state index contributed by atoms with van der Waals surface area (Å²) < 4.78 is 0. The highest BCUT2D eigenvalue weighted by atomic mass is 35.5. The van der Waals surface area contributed by atoms with Crippen molar-refractivity contribution >= 4 is 22.9 Å². The summed E-state index contributed by atoms with van der Waals surface area (Å²) in [5.41, 5.74) is 0. The summed E-state index contributed by atoms with van der Waals surface area (Å²) in [5.74, 6) is 0. The molecule has 0 spiro atoms. The Morgan fingerprint density at radius 2 is 2.31 bits per heavy atom. The highest BCUT2D eigenvalue weighted by molar-refractivity contribution is 7.10. The second-order valence-corrected chi connectivity index (χ2v) is 5.31. The third kappa shape index (κ3) is 2.66. The van der Waals surface area contributed by atoms with E-state index in [1.54, 1.807) is 11.3 Å². The van der Waals surface area contributed by atoms with Crippen LogP contribution >= 0.6 is 22.9 Å². The van der Waals surface area contributed by atoms with Crippen molar-refractivity contribution in [1.82, 2.24) is 10.2 Å². The number of nitrogens with zero attached hydrogens (tertiary/aromatic N) is 1. The van der Waals surface area contributed by atoms with Crippen LogP contribution < -0.4 is 5.32 Å². The maximum absolute atomic E-state index is 6.22. The van der Waals surface area contributed by atoms with Gasteiger partial charge in [0.2, 0.25) is 0 Å². The van der Waals surface area contributed by atoms with Crippen molar-refractivity contribution in [3.05, 3.63) is 34.0 Å². The Bertz CT molecular complexity index is 345. The zero-order chi connectivity index (χ0) is 11.4. The maximum Gasteiger partial charge on any atom is 0.0561 e. The molecule has 2 rings (SSSR count). The summed E-state index contributed by atoms with van der Waals surface area (Å²) in [6.07, 6.45) is 2.96. The molecular weight excluding hydrogens is 240 g/mol. The Balaban J connectivity index is 2.15. The van der Waals surface area contributed by atoms with E-state index < -0.39 is 0 Å². The lowest BCUT2D eigenvalue weighted by Crippen LogP contribution is -2.44. The van der Waals surface area contributed by atoms with Gasteiger partial charge in [-0.3, -0.25) is 4.90 Å². The predicted molar refractivity (Wildman–Crippen MR) is 71.3 cm³/mol. The first-order valence-corrected chi connectivity index (χ1v) is 6.87. The van der Waals surface area contributed by atoms with Gasteiger partial charge in [0, 0.05) is 37.1 Å². The molecule has 2 heterocycles. The Morgan fingerprint density at radius 3 is 2.88 bits per heavy atom. The van der Waals surface area contributed by atoms with Crippen molar-refractivity contribution in [2.45, 2.75) is 12.5 Å². The van der Waals surface area contributed by atoms with Crippen molar-refractivity contribution < 1.29 is 0 Å². The summed E-state index contributed by atoms with van der Waals surface area (Å²) >= 11 is 7.97. The van der Waals surface area contributed by atoms with Gasteiger partial charge in [-0.05, 0) is 17.9 Å². The highest BCUT2D eigenvalue weighted by Crippen LogP contribution is 2.34. The fourth-order valence-electron chi connectivity index (χ4n) is 2.12. The number of hydrogen-bond donors (Lipinski definition) is 1. The van der Waals surface area contributed by atoms with Crippen LogP contribution in [0.15, 0.2) is 24.1 Å². The van der Waals surface area contributed by atoms with Crippen molar-refractivity contribution in [1.29, 1.82) is 0 Å². The summed E-state index contributed by atoms with van der Waals surface area (Å²) in [5, 5.41) is 6.34. The molecule has 1 N–H and O–H groups in total. The number of nitrogens with one attached hydrogen (secondary N) is 1. The first-order valence-electron chi connectivity index (χ1n) is 5.61. The van der Waals surface area contributed by atoms with Crippen LogP contribution in [0.1, 0.15) is 17.3 Å². The van der Waals surface area contributed by atoms with E-state index in [9.17, 15) is 0 Å². The molecule has 4 heteroatoms. The molecule has 1 aromatic heterocycles. The van der Waals surface area contributed by atoms with Crippen LogP contribution in [0.25, 0.3) is 0 Å². The number of piperazine rings is 1. The Kier molecular flexibility index (Phi) is 4.41. The minimum Gasteiger partial charge on any atom is -0.314 e. The van der Waals surface area contributed by atoms with Crippen LogP contribution in [0, 0.1) is 0 Å². The van der Waals surface area contributed by atoms with Crippen LogP contribution in [0.3, 0.4) is 0 Å². The molecule has 1 aliphatic rings. The normalized spacial score (nSPS) is 19.6. The molecule has 2 nitrogen and oxygen atoms in total. The van der Waals surface area contributed by atoms with Gasteiger partial charge in [-0.15, -0.1) is 17.9 Å². The molecule has 0 saturated carbocycles. The molecule has 0 amide bonds. The van der Waals surface area contributed by atoms with Gasteiger partial charge in [0.25, 0.3) is 0 Å². The average Bonchev–Trinajstić information content (AvgIpc) is 2.73. The molecule has 0 bridgehead atoms. The van der Waals surface area contributed by atoms with Gasteiger partial charge >= 0.3 is 0 Å². The van der Waals surface area contributed by atoms with Crippen molar-refractivity contribution in [3.8, 4) is 0 Å². The summed E-state index contributed by atoms with van der Waals surface area (Å²) in [6.45, 7) is 8.17. The quantitative estimate of drug-likeness (QED) is 0.834. The first kappa shape index (κ1) is 12.1. The predicted octanol–water partition coefficient (Wildman–Crippen LogP) is 2.92. The van der Waals surface area contributed by atoms with Crippen LogP contribution in [-0.4, -0.2) is 31.1 Å². The van der Waals surface area contributed by atoms with E-state index in [2.05, 4.69) is 22.2 Å². The van der Waals surface area contributed by atoms with E-state index in [0.717, 1.165) is 37.6 Å². The molecule has 1 atom stereocenters. The molecule has 1 saturated heterocycles. The number of rotatable bonds is 4. The molecule has 1 aromatic rings. The Hall–Kier alpha value is -0.350. The fourth-order valence-corrected chi connectivity index (χ4v) is 3.45. The molecular formula is C12H17ClN2S. The molecule has 1 fully saturated rings. The lowest BCUT2D eigenvalue weighted by molar-refractivity contribution is 0.177. The molecule has 0 radical (unpaired) electrons. The van der Waals surface area contributed by atoms with Crippen LogP contribution in [0.4, 0.5) is 0 Å². The van der Waals surface area contributed by atoms with E-state index in [0.29, 0.717) is 6.04 Å². The molecule has 0 unspecified atom stereocenters. The lowest BCUT2D eigenvalue weighted by atomic mass is 10.1. The molecule has 0 aromatic carbocycles. The first-order chi connectivity index (χ1) is 7.83. The van der Waals surface area contributed by atoms with Crippen molar-refractivity contribution in [3.63, 3.8) is 0 Å². The monoisotopic (exact) mass is 256 g/mol. The number of hydrogen-bond acceptors (Lipinski definition) is 3. The van der Waals surface area contributed by atoms with E-state index >= 15 is 0 Å². The highest BCUT2D eigenvalue weighted by Gasteiger charge is 2.23. The van der Waals surface area contributed by atoms with E-state index in [1.165, 1.54) is 4.88 Å². The molecule has 0 aliphatic carbocycles. The number of thiophene rings is 1. The van der Waals surface area contributed by atoms with Gasteiger partial charge in [0.1, 0.15) is 0 Å². The van der Waals surface area contributed by atoms with Gasteiger partial charge in [0.05, 0.1) is 5.02 Å². The van der Waals surface area contributed by atoms with E-state index in [-0.39, 0.29) is 0 Å². The zero-order valence-corrected chi connectivity index (χ0v) is 10.9. The standard InChI is InChI=1S/C12H17ClN2S/c1-2-3-11(12-10(13)4-9-16-12)15-7-5-14-6-8-15/h2,4,9,11,14H,1,3,5-8H2/t11-/m1/s1. The zero-order valence-electron chi connectivity index (χ0n) is 9.29. The summed E-state index contributed by atoms with van der Waals surface area (Å²) in [7, 11) is 0. The SMILES string of the molecule is C=CC[C@H](c1sccc1Cl)N1CCNCC1. The van der Waals surface area contributed by atoms with Gasteiger partial charge in [-0.2, -0.15) is 0 Å². The topological polar surface area (TPSA) is 15.3 Å². The lowest BCUT2D eigenvalue weighted by Gasteiger charge is -2.34. The second-order valence-electron chi connectivity index (χ2n) is 3.96. The average molecular weight is 257 g/mol. The second kappa shape index (κ2) is 5.82. The van der Waals surface area contributed by atoms with Crippen LogP contribution in [0.5, 0.6) is 0 Å². The molecule has 88 valence electrons. The van der Waals surface area contributed by atoms with E-state index in [1.807, 2.05) is 12.1 Å². The van der Waals surface area contributed by atoms with Gasteiger partial charge < -0.3 is 5.32 Å². The minimum absolute atomic E-state index is 0.409. The maximum atomic E-state index is 6.22. The minimum atomic E-state index is 0.409. The van der Waals surface area contributed by atoms with Gasteiger partial charge in [-0.1, -0.05) is 17.7 Å². The third-order valence-electron chi connectivity index (χ3n) is 2.93. The van der Waals surface area contributed by atoms with Crippen LogP contribution in [-0.2, 0) is 0 Å². The summed E-state index contributed by atoms with van der Waals surface area (Å²) in [4.78, 5) is 3.78.